The van der Waals surface area contributed by atoms with Gasteiger partial charge in [0, 0.05) is 15.9 Å². The van der Waals surface area contributed by atoms with Crippen molar-refractivity contribution in [2.45, 2.75) is 5.16 Å². The van der Waals surface area contributed by atoms with Crippen LogP contribution >= 0.6 is 23.4 Å². The largest absolute Gasteiger partial charge is 0.484 e. The van der Waals surface area contributed by atoms with Gasteiger partial charge in [0.2, 0.25) is 11.1 Å². The topological polar surface area (TPSA) is 122 Å². The van der Waals surface area contributed by atoms with Crippen LogP contribution in [0.1, 0.15) is 0 Å². The number of fused-ring (bicyclic) bond motifs is 3. The van der Waals surface area contributed by atoms with Gasteiger partial charge in [-0.1, -0.05) is 41.6 Å². The number of rotatable bonds is 6. The summed E-state index contributed by atoms with van der Waals surface area (Å²) in [4.78, 5) is 31.3. The molecule has 0 spiro atoms. The number of aromatic amines is 1. The maximum atomic E-state index is 12.0. The lowest BCUT2D eigenvalue weighted by atomic mass is 10.2. The van der Waals surface area contributed by atoms with Crippen molar-refractivity contribution in [3.05, 3.63) is 53.6 Å². The molecule has 0 radical (unpaired) electrons. The first-order valence-electron chi connectivity index (χ1n) is 8.78. The first-order chi connectivity index (χ1) is 14.6. The van der Waals surface area contributed by atoms with E-state index >= 15 is 0 Å². The molecule has 9 nitrogen and oxygen atoms in total. The lowest BCUT2D eigenvalue weighted by Crippen LogP contribution is -2.44. The van der Waals surface area contributed by atoms with Crippen LogP contribution in [0.2, 0.25) is 5.02 Å². The van der Waals surface area contributed by atoms with Crippen LogP contribution in [0.25, 0.3) is 22.1 Å². The van der Waals surface area contributed by atoms with Crippen molar-refractivity contribution in [2.24, 2.45) is 0 Å². The van der Waals surface area contributed by atoms with Gasteiger partial charge in [-0.25, -0.2) is 4.98 Å². The SMILES string of the molecule is O=C(COc1ccc(Cl)cc1)NNC(=O)CSc1nnc2c(n1)[nH]c1ccccc12. The van der Waals surface area contributed by atoms with Gasteiger partial charge >= 0.3 is 0 Å². The summed E-state index contributed by atoms with van der Waals surface area (Å²) in [6.45, 7) is -0.251. The van der Waals surface area contributed by atoms with Gasteiger partial charge in [-0.3, -0.25) is 20.4 Å². The Hall–Kier alpha value is -3.37. The van der Waals surface area contributed by atoms with Gasteiger partial charge in [-0.2, -0.15) is 0 Å². The highest BCUT2D eigenvalue weighted by atomic mass is 35.5. The Balaban J connectivity index is 1.24. The first-order valence-corrected chi connectivity index (χ1v) is 10.1. The molecule has 0 aliphatic rings. The third-order valence-corrected chi connectivity index (χ3v) is 5.05. The average Bonchev–Trinajstić information content (AvgIpc) is 3.13. The van der Waals surface area contributed by atoms with E-state index in [1.807, 2.05) is 24.3 Å². The third kappa shape index (κ3) is 4.78. The Kier molecular flexibility index (Phi) is 5.96. The fourth-order valence-electron chi connectivity index (χ4n) is 2.59. The second kappa shape index (κ2) is 8.97. The minimum absolute atomic E-state index is 0.00569. The van der Waals surface area contributed by atoms with E-state index in [-0.39, 0.29) is 12.4 Å². The minimum atomic E-state index is -0.499. The van der Waals surface area contributed by atoms with Crippen molar-refractivity contribution in [1.29, 1.82) is 0 Å². The van der Waals surface area contributed by atoms with E-state index < -0.39 is 11.8 Å². The highest BCUT2D eigenvalue weighted by Crippen LogP contribution is 2.23. The van der Waals surface area contributed by atoms with Crippen LogP contribution < -0.4 is 15.6 Å². The number of carbonyl (C=O) groups excluding carboxylic acids is 2. The number of halogens is 1. The van der Waals surface area contributed by atoms with Gasteiger partial charge in [-0.15, -0.1) is 10.2 Å². The van der Waals surface area contributed by atoms with E-state index in [0.29, 0.717) is 27.1 Å². The van der Waals surface area contributed by atoms with Gasteiger partial charge in [0.25, 0.3) is 5.91 Å². The average molecular weight is 443 g/mol. The van der Waals surface area contributed by atoms with E-state index in [1.165, 1.54) is 0 Å². The summed E-state index contributed by atoms with van der Waals surface area (Å²) >= 11 is 6.89. The van der Waals surface area contributed by atoms with Crippen molar-refractivity contribution in [2.75, 3.05) is 12.4 Å². The number of nitrogens with zero attached hydrogens (tertiary/aromatic N) is 3. The molecular formula is C19H15ClN6O3S. The molecule has 3 N–H and O–H groups in total. The number of para-hydroxylation sites is 1. The molecule has 2 aromatic heterocycles. The molecule has 0 bridgehead atoms. The Morgan fingerprint density at radius 1 is 1.03 bits per heavy atom. The number of benzene rings is 2. The van der Waals surface area contributed by atoms with Crippen LogP contribution in [0.3, 0.4) is 0 Å². The standard InChI is InChI=1S/C19H15ClN6O3S/c20-11-5-7-12(8-6-11)29-9-15(27)23-24-16(28)10-30-19-22-18-17(25-26-19)13-3-1-2-4-14(13)21-18/h1-8H,9-10H2,(H,23,27)(H,24,28)(H,21,22,26). The van der Waals surface area contributed by atoms with E-state index in [2.05, 4.69) is 31.0 Å². The molecule has 0 fully saturated rings. The zero-order valence-corrected chi connectivity index (χ0v) is 17.0. The number of hydrogen-bond acceptors (Lipinski definition) is 7. The Morgan fingerprint density at radius 2 is 1.80 bits per heavy atom. The number of hydrogen-bond donors (Lipinski definition) is 3. The van der Waals surface area contributed by atoms with Gasteiger partial charge in [-0.05, 0) is 30.3 Å². The van der Waals surface area contributed by atoms with Crippen molar-refractivity contribution in [3.8, 4) is 5.75 Å². The molecule has 0 aliphatic carbocycles. The normalized spacial score (nSPS) is 10.8. The fourth-order valence-corrected chi connectivity index (χ4v) is 3.30. The number of ether oxygens (including phenoxy) is 1. The van der Waals surface area contributed by atoms with E-state index in [4.69, 9.17) is 16.3 Å². The molecule has 11 heteroatoms. The van der Waals surface area contributed by atoms with Crippen LogP contribution in [0.15, 0.2) is 53.7 Å². The van der Waals surface area contributed by atoms with E-state index in [1.54, 1.807) is 24.3 Å². The first kappa shape index (κ1) is 19.9. The highest BCUT2D eigenvalue weighted by Gasteiger charge is 2.11. The van der Waals surface area contributed by atoms with Crippen molar-refractivity contribution in [1.82, 2.24) is 31.0 Å². The summed E-state index contributed by atoms with van der Waals surface area (Å²) in [5.41, 5.74) is 6.78. The Morgan fingerprint density at radius 3 is 2.63 bits per heavy atom. The van der Waals surface area contributed by atoms with Crippen LogP contribution in [-0.4, -0.2) is 44.3 Å². The lowest BCUT2D eigenvalue weighted by Gasteiger charge is -2.08. The number of thioether (sulfide) groups is 1. The minimum Gasteiger partial charge on any atom is -0.484 e. The molecule has 0 saturated carbocycles. The summed E-state index contributed by atoms with van der Waals surface area (Å²) in [7, 11) is 0. The molecule has 152 valence electrons. The lowest BCUT2D eigenvalue weighted by molar-refractivity contribution is -0.128. The van der Waals surface area contributed by atoms with Crippen LogP contribution in [0.5, 0.6) is 5.75 Å². The molecule has 2 heterocycles. The highest BCUT2D eigenvalue weighted by molar-refractivity contribution is 7.99. The molecular weight excluding hydrogens is 428 g/mol. The zero-order chi connectivity index (χ0) is 20.9. The number of hydrazine groups is 1. The zero-order valence-electron chi connectivity index (χ0n) is 15.4. The molecule has 0 unspecified atom stereocenters. The second-order valence-electron chi connectivity index (χ2n) is 6.09. The molecule has 2 aromatic carbocycles. The quantitative estimate of drug-likeness (QED) is 0.309. The molecule has 2 amide bonds. The number of amides is 2. The number of carbonyl (C=O) groups is 2. The van der Waals surface area contributed by atoms with Crippen LogP contribution in [0.4, 0.5) is 0 Å². The smallest absolute Gasteiger partial charge is 0.276 e. The van der Waals surface area contributed by atoms with Crippen molar-refractivity contribution < 1.29 is 14.3 Å². The van der Waals surface area contributed by atoms with Crippen LogP contribution in [0, 0.1) is 0 Å². The van der Waals surface area contributed by atoms with Gasteiger partial charge in [0.15, 0.2) is 12.3 Å². The maximum absolute atomic E-state index is 12.0. The maximum Gasteiger partial charge on any atom is 0.276 e. The summed E-state index contributed by atoms with van der Waals surface area (Å²) in [5.74, 6) is -0.416. The number of aromatic nitrogens is 4. The molecule has 0 atom stereocenters. The van der Waals surface area contributed by atoms with Crippen molar-refractivity contribution >= 4 is 57.2 Å². The van der Waals surface area contributed by atoms with Gasteiger partial charge in [0.1, 0.15) is 11.3 Å². The third-order valence-electron chi connectivity index (χ3n) is 3.96. The van der Waals surface area contributed by atoms with Crippen molar-refractivity contribution in [3.63, 3.8) is 0 Å². The molecule has 4 aromatic rings. The number of nitrogens with one attached hydrogen (secondary N) is 3. The van der Waals surface area contributed by atoms with Crippen LogP contribution in [-0.2, 0) is 9.59 Å². The summed E-state index contributed by atoms with van der Waals surface area (Å²) in [6.07, 6.45) is 0. The molecule has 0 aliphatic heterocycles. The monoisotopic (exact) mass is 442 g/mol. The van der Waals surface area contributed by atoms with E-state index in [9.17, 15) is 9.59 Å². The summed E-state index contributed by atoms with van der Waals surface area (Å²) in [6, 6.07) is 14.3. The fraction of sp³-hybridized carbons (Fsp3) is 0.105. The predicted molar refractivity (Wildman–Crippen MR) is 113 cm³/mol. The molecule has 4 rings (SSSR count). The predicted octanol–water partition coefficient (Wildman–Crippen LogP) is 2.48. The summed E-state index contributed by atoms with van der Waals surface area (Å²) in [5, 5.41) is 10.1. The Bertz CT molecular complexity index is 1210. The summed E-state index contributed by atoms with van der Waals surface area (Å²) < 4.78 is 5.29. The molecule has 0 saturated heterocycles. The van der Waals surface area contributed by atoms with E-state index in [0.717, 1.165) is 22.7 Å². The number of H-pyrrole nitrogens is 1. The van der Waals surface area contributed by atoms with Gasteiger partial charge < -0.3 is 9.72 Å². The van der Waals surface area contributed by atoms with Gasteiger partial charge in [0.05, 0.1) is 5.75 Å². The Labute approximate surface area is 179 Å². The molecule has 30 heavy (non-hydrogen) atoms. The second-order valence-corrected chi connectivity index (χ2v) is 7.47.